The third-order valence-electron chi connectivity index (χ3n) is 5.58. The van der Waals surface area contributed by atoms with Gasteiger partial charge in [0.2, 0.25) is 0 Å². The highest BCUT2D eigenvalue weighted by Gasteiger charge is 2.15. The van der Waals surface area contributed by atoms with Gasteiger partial charge in [-0.25, -0.2) is 8.42 Å². The maximum absolute atomic E-state index is 12.6. The van der Waals surface area contributed by atoms with Gasteiger partial charge in [-0.05, 0) is 86.8 Å². The van der Waals surface area contributed by atoms with Gasteiger partial charge in [-0.3, -0.25) is 9.52 Å². The number of carbonyl (C=O) groups excluding carboxylic acids is 1. The fourth-order valence-electron chi connectivity index (χ4n) is 3.73. The fourth-order valence-corrected chi connectivity index (χ4v) is 4.79. The number of carbonyl (C=O) groups is 1. The summed E-state index contributed by atoms with van der Waals surface area (Å²) in [6.07, 6.45) is 3.68. The molecule has 0 unspecified atom stereocenters. The minimum Gasteiger partial charge on any atom is -0.372 e. The zero-order valence-corrected chi connectivity index (χ0v) is 18.9. The highest BCUT2D eigenvalue weighted by Crippen LogP contribution is 2.22. The number of anilines is 3. The van der Waals surface area contributed by atoms with Gasteiger partial charge in [0, 0.05) is 35.7 Å². The lowest BCUT2D eigenvalue weighted by atomic mass is 10.1. The van der Waals surface area contributed by atoms with Crippen molar-refractivity contribution in [3.63, 3.8) is 0 Å². The monoisotopic (exact) mass is 449 g/mol. The second-order valence-electron chi connectivity index (χ2n) is 8.04. The molecule has 1 aliphatic rings. The predicted octanol–water partition coefficient (Wildman–Crippen LogP) is 5.04. The summed E-state index contributed by atoms with van der Waals surface area (Å²) >= 11 is 0. The van der Waals surface area contributed by atoms with Crippen LogP contribution >= 0.6 is 0 Å². The molecule has 166 valence electrons. The lowest BCUT2D eigenvalue weighted by molar-refractivity contribution is 0.102. The second kappa shape index (κ2) is 9.44. The van der Waals surface area contributed by atoms with E-state index in [0.717, 1.165) is 24.3 Å². The molecule has 32 heavy (non-hydrogen) atoms. The normalized spacial score (nSPS) is 14.1. The molecular formula is C25H27N3O3S. The Hall–Kier alpha value is -3.32. The predicted molar refractivity (Wildman–Crippen MR) is 129 cm³/mol. The number of hydrogen-bond donors (Lipinski definition) is 2. The van der Waals surface area contributed by atoms with Crippen LogP contribution in [0.25, 0.3) is 0 Å². The van der Waals surface area contributed by atoms with Crippen LogP contribution in [0.2, 0.25) is 0 Å². The van der Waals surface area contributed by atoms with E-state index in [1.54, 1.807) is 24.3 Å². The molecule has 0 radical (unpaired) electrons. The van der Waals surface area contributed by atoms with E-state index >= 15 is 0 Å². The largest absolute Gasteiger partial charge is 0.372 e. The standard InChI is InChI=1S/C25H27N3O3S/c1-19-5-9-22(10-6-19)27-32(30,31)24-15-11-21(12-16-24)26-25(29)20-7-13-23(14-8-20)28-17-3-2-4-18-28/h5-16,27H,2-4,17-18H2,1H3,(H,26,29). The first-order chi connectivity index (χ1) is 15.4. The van der Waals surface area contributed by atoms with Crippen LogP contribution in [0.15, 0.2) is 77.7 Å². The van der Waals surface area contributed by atoms with Gasteiger partial charge in [0.15, 0.2) is 0 Å². The number of amides is 1. The molecule has 3 aromatic carbocycles. The van der Waals surface area contributed by atoms with Crippen LogP contribution in [-0.2, 0) is 10.0 Å². The minimum atomic E-state index is -3.71. The Kier molecular flexibility index (Phi) is 6.46. The molecule has 0 atom stereocenters. The van der Waals surface area contributed by atoms with Crippen molar-refractivity contribution in [1.82, 2.24) is 0 Å². The molecule has 1 amide bonds. The maximum Gasteiger partial charge on any atom is 0.261 e. The quantitative estimate of drug-likeness (QED) is 0.553. The number of nitrogens with zero attached hydrogens (tertiary/aromatic N) is 1. The van der Waals surface area contributed by atoms with Crippen LogP contribution in [-0.4, -0.2) is 27.4 Å². The maximum atomic E-state index is 12.6. The number of nitrogens with one attached hydrogen (secondary N) is 2. The average Bonchev–Trinajstić information content (AvgIpc) is 2.81. The molecule has 1 heterocycles. The summed E-state index contributed by atoms with van der Waals surface area (Å²) in [5.41, 5.74) is 3.78. The van der Waals surface area contributed by atoms with Crippen molar-refractivity contribution in [2.75, 3.05) is 28.0 Å². The third-order valence-corrected chi connectivity index (χ3v) is 6.97. The Labute approximate surface area is 189 Å². The summed E-state index contributed by atoms with van der Waals surface area (Å²) in [4.78, 5) is 15.1. The van der Waals surface area contributed by atoms with Gasteiger partial charge < -0.3 is 10.2 Å². The van der Waals surface area contributed by atoms with Crippen molar-refractivity contribution in [2.45, 2.75) is 31.1 Å². The Morgan fingerprint density at radius 2 is 1.38 bits per heavy atom. The molecule has 1 fully saturated rings. The number of sulfonamides is 1. The molecule has 2 N–H and O–H groups in total. The van der Waals surface area contributed by atoms with Crippen LogP contribution < -0.4 is 14.9 Å². The summed E-state index contributed by atoms with van der Waals surface area (Å²) < 4.78 is 27.8. The number of piperidine rings is 1. The van der Waals surface area contributed by atoms with Gasteiger partial charge in [0.05, 0.1) is 4.90 Å². The van der Waals surface area contributed by atoms with Crippen LogP contribution in [0.5, 0.6) is 0 Å². The molecule has 1 saturated heterocycles. The summed E-state index contributed by atoms with van der Waals surface area (Å²) in [5, 5.41) is 2.82. The number of hydrogen-bond acceptors (Lipinski definition) is 4. The molecule has 4 rings (SSSR count). The molecule has 0 bridgehead atoms. The zero-order chi connectivity index (χ0) is 22.6. The SMILES string of the molecule is Cc1ccc(NS(=O)(=O)c2ccc(NC(=O)c3ccc(N4CCCCC4)cc3)cc2)cc1. The smallest absolute Gasteiger partial charge is 0.261 e. The van der Waals surface area contributed by atoms with Crippen molar-refractivity contribution in [3.8, 4) is 0 Å². The number of aryl methyl sites for hydroxylation is 1. The Morgan fingerprint density at radius 1 is 0.781 bits per heavy atom. The van der Waals surface area contributed by atoms with Crippen LogP contribution in [0.3, 0.4) is 0 Å². The summed E-state index contributed by atoms with van der Waals surface area (Å²) in [7, 11) is -3.71. The van der Waals surface area contributed by atoms with Gasteiger partial charge in [-0.2, -0.15) is 0 Å². The Balaban J connectivity index is 1.39. The average molecular weight is 450 g/mol. The summed E-state index contributed by atoms with van der Waals surface area (Å²) in [6.45, 7) is 4.05. The van der Waals surface area contributed by atoms with Crippen molar-refractivity contribution in [2.24, 2.45) is 0 Å². The van der Waals surface area contributed by atoms with Gasteiger partial charge in [0.1, 0.15) is 0 Å². The van der Waals surface area contributed by atoms with E-state index in [9.17, 15) is 13.2 Å². The second-order valence-corrected chi connectivity index (χ2v) is 9.73. The van der Waals surface area contributed by atoms with Crippen molar-refractivity contribution >= 4 is 33.0 Å². The molecular weight excluding hydrogens is 422 g/mol. The Bertz CT molecular complexity index is 1170. The minimum absolute atomic E-state index is 0.127. The van der Waals surface area contributed by atoms with E-state index in [0.29, 0.717) is 16.9 Å². The van der Waals surface area contributed by atoms with Crippen LogP contribution in [0.4, 0.5) is 17.1 Å². The lowest BCUT2D eigenvalue weighted by Crippen LogP contribution is -2.29. The number of rotatable bonds is 6. The topological polar surface area (TPSA) is 78.5 Å². The van der Waals surface area contributed by atoms with Crippen LogP contribution in [0.1, 0.15) is 35.2 Å². The molecule has 1 aliphatic heterocycles. The molecule has 0 spiro atoms. The van der Waals surface area contributed by atoms with E-state index in [-0.39, 0.29) is 10.8 Å². The van der Waals surface area contributed by atoms with Crippen molar-refractivity contribution in [1.29, 1.82) is 0 Å². The lowest BCUT2D eigenvalue weighted by Gasteiger charge is -2.28. The zero-order valence-electron chi connectivity index (χ0n) is 18.0. The van der Waals surface area contributed by atoms with Gasteiger partial charge in [-0.1, -0.05) is 17.7 Å². The summed E-state index contributed by atoms with van der Waals surface area (Å²) in [6, 6.07) is 20.9. The van der Waals surface area contributed by atoms with Crippen molar-refractivity contribution < 1.29 is 13.2 Å². The van der Waals surface area contributed by atoms with E-state index < -0.39 is 10.0 Å². The first kappa shape index (κ1) is 21.9. The van der Waals surface area contributed by atoms with E-state index in [1.165, 1.54) is 31.4 Å². The first-order valence-electron chi connectivity index (χ1n) is 10.8. The van der Waals surface area contributed by atoms with Gasteiger partial charge in [0.25, 0.3) is 15.9 Å². The molecule has 3 aromatic rings. The van der Waals surface area contributed by atoms with E-state index in [2.05, 4.69) is 14.9 Å². The van der Waals surface area contributed by atoms with Crippen LogP contribution in [0, 0.1) is 6.92 Å². The highest BCUT2D eigenvalue weighted by molar-refractivity contribution is 7.92. The number of benzene rings is 3. The molecule has 0 aromatic heterocycles. The molecule has 0 aliphatic carbocycles. The molecule has 0 saturated carbocycles. The first-order valence-corrected chi connectivity index (χ1v) is 12.2. The summed E-state index contributed by atoms with van der Waals surface area (Å²) in [5.74, 6) is -0.233. The third kappa shape index (κ3) is 5.29. The van der Waals surface area contributed by atoms with E-state index in [1.807, 2.05) is 43.3 Å². The van der Waals surface area contributed by atoms with Gasteiger partial charge in [-0.15, -0.1) is 0 Å². The van der Waals surface area contributed by atoms with E-state index in [4.69, 9.17) is 0 Å². The molecule has 6 nitrogen and oxygen atoms in total. The Morgan fingerprint density at radius 3 is 2.00 bits per heavy atom. The van der Waals surface area contributed by atoms with Gasteiger partial charge >= 0.3 is 0 Å². The van der Waals surface area contributed by atoms with Crippen molar-refractivity contribution in [3.05, 3.63) is 83.9 Å². The fraction of sp³-hybridized carbons (Fsp3) is 0.240. The molecule has 7 heteroatoms. The highest BCUT2D eigenvalue weighted by atomic mass is 32.2.